The van der Waals surface area contributed by atoms with E-state index in [1.165, 1.54) is 0 Å². The lowest BCUT2D eigenvalue weighted by atomic mass is 10.2. The quantitative estimate of drug-likeness (QED) is 0.482. The molecule has 1 fully saturated rings. The highest BCUT2D eigenvalue weighted by atomic mass is 16.4. The molecule has 1 saturated heterocycles. The summed E-state index contributed by atoms with van der Waals surface area (Å²) in [7, 11) is 0. The van der Waals surface area contributed by atoms with Crippen LogP contribution in [0.2, 0.25) is 0 Å². The summed E-state index contributed by atoms with van der Waals surface area (Å²) in [6.45, 7) is 0.277. The summed E-state index contributed by atoms with van der Waals surface area (Å²) in [6.07, 6.45) is 0.257. The standard InChI is InChI=1S/C10H15N3O6/c11-8(16)6-2-1-3-13(6)10(19)12-5(9(17)18)4-7(14)15/h5-6H,1-4H2,(H2,11,16)(H,12,19)(H,14,15)(H,17,18)/t5-,6?/m1/s1. The van der Waals surface area contributed by atoms with Crippen LogP contribution < -0.4 is 11.1 Å². The molecule has 9 nitrogen and oxygen atoms in total. The first-order chi connectivity index (χ1) is 8.82. The number of carboxylic acids is 2. The number of amides is 3. The molecule has 1 heterocycles. The van der Waals surface area contributed by atoms with Gasteiger partial charge in [-0.1, -0.05) is 0 Å². The molecule has 1 aliphatic rings. The number of carbonyl (C=O) groups excluding carboxylic acids is 2. The van der Waals surface area contributed by atoms with Gasteiger partial charge in [-0.15, -0.1) is 0 Å². The zero-order chi connectivity index (χ0) is 14.6. The Morgan fingerprint density at radius 3 is 2.42 bits per heavy atom. The molecule has 2 atom stereocenters. The van der Waals surface area contributed by atoms with Crippen molar-refractivity contribution < 1.29 is 29.4 Å². The Morgan fingerprint density at radius 2 is 1.95 bits per heavy atom. The van der Waals surface area contributed by atoms with E-state index in [4.69, 9.17) is 15.9 Å². The Bertz CT molecular complexity index is 410. The number of rotatable bonds is 5. The molecule has 0 aliphatic carbocycles. The molecule has 0 saturated carbocycles. The lowest BCUT2D eigenvalue weighted by Gasteiger charge is -2.24. The number of nitrogens with two attached hydrogens (primary N) is 1. The van der Waals surface area contributed by atoms with Gasteiger partial charge in [-0.25, -0.2) is 9.59 Å². The molecule has 5 N–H and O–H groups in total. The van der Waals surface area contributed by atoms with Gasteiger partial charge in [0.05, 0.1) is 6.42 Å². The van der Waals surface area contributed by atoms with Crippen molar-refractivity contribution in [2.24, 2.45) is 5.73 Å². The van der Waals surface area contributed by atoms with Crippen LogP contribution in [0.5, 0.6) is 0 Å². The maximum atomic E-state index is 11.8. The van der Waals surface area contributed by atoms with Gasteiger partial charge in [0, 0.05) is 6.54 Å². The van der Waals surface area contributed by atoms with Gasteiger partial charge >= 0.3 is 18.0 Å². The van der Waals surface area contributed by atoms with Crippen molar-refractivity contribution in [3.8, 4) is 0 Å². The van der Waals surface area contributed by atoms with E-state index in [1.807, 2.05) is 0 Å². The van der Waals surface area contributed by atoms with Crippen LogP contribution in [0, 0.1) is 0 Å². The van der Waals surface area contributed by atoms with Gasteiger partial charge in [0.1, 0.15) is 12.1 Å². The molecular formula is C10H15N3O6. The van der Waals surface area contributed by atoms with Gasteiger partial charge in [-0.2, -0.15) is 0 Å². The maximum absolute atomic E-state index is 11.8. The Morgan fingerprint density at radius 1 is 1.32 bits per heavy atom. The minimum atomic E-state index is -1.54. The third-order valence-corrected chi connectivity index (χ3v) is 2.82. The Kier molecular flexibility index (Phi) is 4.67. The first-order valence-electron chi connectivity index (χ1n) is 5.64. The fourth-order valence-corrected chi connectivity index (χ4v) is 1.91. The summed E-state index contributed by atoms with van der Waals surface area (Å²) in [4.78, 5) is 45.3. The number of hydrogen-bond acceptors (Lipinski definition) is 4. The third-order valence-electron chi connectivity index (χ3n) is 2.82. The fourth-order valence-electron chi connectivity index (χ4n) is 1.91. The first kappa shape index (κ1) is 14.7. The summed E-state index contributed by atoms with van der Waals surface area (Å²) in [5, 5.41) is 19.4. The molecule has 1 aliphatic heterocycles. The van der Waals surface area contributed by atoms with Crippen LogP contribution in [-0.4, -0.2) is 57.6 Å². The third kappa shape index (κ3) is 3.83. The van der Waals surface area contributed by atoms with E-state index >= 15 is 0 Å². The average Bonchev–Trinajstić information content (AvgIpc) is 2.76. The average molecular weight is 273 g/mol. The summed E-state index contributed by atoms with van der Waals surface area (Å²) < 4.78 is 0. The van der Waals surface area contributed by atoms with Crippen molar-refractivity contribution >= 4 is 23.9 Å². The van der Waals surface area contributed by atoms with E-state index in [9.17, 15) is 19.2 Å². The van der Waals surface area contributed by atoms with Gasteiger partial charge in [-0.3, -0.25) is 9.59 Å². The van der Waals surface area contributed by atoms with Gasteiger partial charge in [-0.05, 0) is 12.8 Å². The van der Waals surface area contributed by atoms with E-state index in [0.717, 1.165) is 4.90 Å². The SMILES string of the molecule is NC(=O)C1CCCN1C(=O)N[C@H](CC(=O)O)C(=O)O. The first-order valence-corrected chi connectivity index (χ1v) is 5.64. The van der Waals surface area contributed by atoms with Crippen molar-refractivity contribution in [2.45, 2.75) is 31.3 Å². The molecule has 106 valence electrons. The van der Waals surface area contributed by atoms with E-state index in [1.54, 1.807) is 0 Å². The van der Waals surface area contributed by atoms with Gasteiger partial charge in [0.25, 0.3) is 0 Å². The molecule has 1 unspecified atom stereocenters. The van der Waals surface area contributed by atoms with Crippen molar-refractivity contribution in [2.75, 3.05) is 6.54 Å². The number of primary amides is 1. The zero-order valence-electron chi connectivity index (χ0n) is 10.0. The Hall–Kier alpha value is -2.32. The topological polar surface area (TPSA) is 150 Å². The predicted molar refractivity (Wildman–Crippen MR) is 61.1 cm³/mol. The van der Waals surface area contributed by atoms with Gasteiger partial charge in [0.2, 0.25) is 5.91 Å². The van der Waals surface area contributed by atoms with Crippen molar-refractivity contribution in [1.82, 2.24) is 10.2 Å². The molecule has 0 aromatic carbocycles. The molecule has 3 amide bonds. The minimum absolute atomic E-state index is 0.277. The Balaban J connectivity index is 2.68. The number of aliphatic carboxylic acids is 2. The summed E-state index contributed by atoms with van der Waals surface area (Å²) in [5.41, 5.74) is 5.13. The molecule has 0 aromatic heterocycles. The zero-order valence-corrected chi connectivity index (χ0v) is 10.0. The normalized spacial score (nSPS) is 19.8. The number of hydrogen-bond donors (Lipinski definition) is 4. The van der Waals surface area contributed by atoms with Crippen LogP contribution in [0.15, 0.2) is 0 Å². The van der Waals surface area contributed by atoms with Crippen molar-refractivity contribution in [3.05, 3.63) is 0 Å². The fraction of sp³-hybridized carbons (Fsp3) is 0.600. The number of nitrogens with one attached hydrogen (secondary N) is 1. The summed E-state index contributed by atoms with van der Waals surface area (Å²) in [6, 6.07) is -3.12. The smallest absolute Gasteiger partial charge is 0.326 e. The molecule has 0 aromatic rings. The van der Waals surface area contributed by atoms with E-state index < -0.39 is 42.4 Å². The second-order valence-electron chi connectivity index (χ2n) is 4.19. The molecule has 0 radical (unpaired) electrons. The number of urea groups is 1. The van der Waals surface area contributed by atoms with E-state index in [2.05, 4.69) is 5.32 Å². The number of carboxylic acid groups (broad SMARTS) is 2. The van der Waals surface area contributed by atoms with Crippen LogP contribution in [-0.2, 0) is 14.4 Å². The van der Waals surface area contributed by atoms with Crippen molar-refractivity contribution in [3.63, 3.8) is 0 Å². The van der Waals surface area contributed by atoms with Gasteiger partial charge in [0.15, 0.2) is 0 Å². The van der Waals surface area contributed by atoms with Crippen LogP contribution in [0.1, 0.15) is 19.3 Å². The van der Waals surface area contributed by atoms with Crippen molar-refractivity contribution in [1.29, 1.82) is 0 Å². The lowest BCUT2D eigenvalue weighted by molar-refractivity contribution is -0.145. The maximum Gasteiger partial charge on any atom is 0.326 e. The molecular weight excluding hydrogens is 258 g/mol. The highest BCUT2D eigenvalue weighted by Gasteiger charge is 2.34. The molecule has 9 heteroatoms. The largest absolute Gasteiger partial charge is 0.481 e. The minimum Gasteiger partial charge on any atom is -0.481 e. The van der Waals surface area contributed by atoms with Crippen LogP contribution in [0.25, 0.3) is 0 Å². The molecule has 19 heavy (non-hydrogen) atoms. The number of carbonyl (C=O) groups is 4. The highest BCUT2D eigenvalue weighted by Crippen LogP contribution is 2.16. The highest BCUT2D eigenvalue weighted by molar-refractivity contribution is 5.89. The summed E-state index contributed by atoms with van der Waals surface area (Å²) >= 11 is 0. The second kappa shape index (κ2) is 6.03. The molecule has 1 rings (SSSR count). The monoisotopic (exact) mass is 273 g/mol. The van der Waals surface area contributed by atoms with Crippen LogP contribution >= 0.6 is 0 Å². The second-order valence-corrected chi connectivity index (χ2v) is 4.19. The van der Waals surface area contributed by atoms with Crippen LogP contribution in [0.4, 0.5) is 4.79 Å². The molecule has 0 spiro atoms. The van der Waals surface area contributed by atoms with E-state index in [-0.39, 0.29) is 6.54 Å². The predicted octanol–water partition coefficient (Wildman–Crippen LogP) is -1.43. The van der Waals surface area contributed by atoms with Gasteiger partial charge < -0.3 is 26.2 Å². The van der Waals surface area contributed by atoms with Crippen LogP contribution in [0.3, 0.4) is 0 Å². The Labute approximate surface area is 108 Å². The molecule has 0 bridgehead atoms. The lowest BCUT2D eigenvalue weighted by Crippen LogP contribution is -2.52. The number of likely N-dealkylation sites (tertiary alicyclic amines) is 1. The number of nitrogens with zero attached hydrogens (tertiary/aromatic N) is 1. The summed E-state index contributed by atoms with van der Waals surface area (Å²) in [5.74, 6) is -3.47. The van der Waals surface area contributed by atoms with E-state index in [0.29, 0.717) is 12.8 Å².